The highest BCUT2D eigenvalue weighted by Crippen LogP contribution is 2.28. The predicted octanol–water partition coefficient (Wildman–Crippen LogP) is 3.08. The summed E-state index contributed by atoms with van der Waals surface area (Å²) in [4.78, 5) is 10.6. The highest BCUT2D eigenvalue weighted by molar-refractivity contribution is 5.76. The predicted molar refractivity (Wildman–Crippen MR) is 63.4 cm³/mol. The average molecular weight is 222 g/mol. The second kappa shape index (κ2) is 6.88. The zero-order valence-corrected chi connectivity index (χ0v) is 9.86. The van der Waals surface area contributed by atoms with Gasteiger partial charge in [-0.3, -0.25) is 4.79 Å². The Labute approximate surface area is 96.4 Å². The Bertz CT molecular complexity index is 334. The molecule has 0 aliphatic heterocycles. The van der Waals surface area contributed by atoms with E-state index in [1.807, 2.05) is 6.92 Å². The third-order valence-corrected chi connectivity index (χ3v) is 2.16. The summed E-state index contributed by atoms with van der Waals surface area (Å²) in [5.74, 6) is 1.35. The van der Waals surface area contributed by atoms with E-state index in [1.54, 1.807) is 18.2 Å². The van der Waals surface area contributed by atoms with Gasteiger partial charge in [-0.05, 0) is 31.5 Å². The van der Waals surface area contributed by atoms with Crippen LogP contribution in [0.5, 0.6) is 11.5 Å². The Kier molecular flexibility index (Phi) is 5.40. The molecule has 0 spiro atoms. The standard InChI is InChI=1S/C13H18O3/c1-3-5-8-16-12-7-6-11(10-14)9-13(12)15-4-2/h6-7,9-10H,3-5,8H2,1-2H3. The SMILES string of the molecule is CCCCOc1ccc(C=O)cc1OCC. The number of hydrogen-bond acceptors (Lipinski definition) is 3. The first-order chi connectivity index (χ1) is 7.81. The molecule has 0 bridgehead atoms. The molecule has 0 fully saturated rings. The summed E-state index contributed by atoms with van der Waals surface area (Å²) in [6.07, 6.45) is 2.91. The lowest BCUT2D eigenvalue weighted by Gasteiger charge is -2.11. The second-order valence-corrected chi connectivity index (χ2v) is 3.46. The third-order valence-electron chi connectivity index (χ3n) is 2.16. The van der Waals surface area contributed by atoms with Crippen molar-refractivity contribution in [2.45, 2.75) is 26.7 Å². The molecule has 0 unspecified atom stereocenters. The third kappa shape index (κ3) is 3.57. The first kappa shape index (κ1) is 12.6. The molecule has 0 heterocycles. The van der Waals surface area contributed by atoms with E-state index in [0.717, 1.165) is 19.1 Å². The van der Waals surface area contributed by atoms with Crippen molar-refractivity contribution in [1.29, 1.82) is 0 Å². The van der Waals surface area contributed by atoms with Crippen molar-refractivity contribution in [1.82, 2.24) is 0 Å². The van der Waals surface area contributed by atoms with E-state index in [2.05, 4.69) is 6.92 Å². The van der Waals surface area contributed by atoms with Gasteiger partial charge in [0.1, 0.15) is 6.29 Å². The fraction of sp³-hybridized carbons (Fsp3) is 0.462. The van der Waals surface area contributed by atoms with E-state index < -0.39 is 0 Å². The molecular weight excluding hydrogens is 204 g/mol. The first-order valence-corrected chi connectivity index (χ1v) is 5.66. The zero-order valence-electron chi connectivity index (χ0n) is 9.86. The maximum Gasteiger partial charge on any atom is 0.161 e. The largest absolute Gasteiger partial charge is 0.490 e. The summed E-state index contributed by atoms with van der Waals surface area (Å²) in [5, 5.41) is 0. The Morgan fingerprint density at radius 2 is 2.00 bits per heavy atom. The van der Waals surface area contributed by atoms with Gasteiger partial charge in [-0.1, -0.05) is 13.3 Å². The van der Waals surface area contributed by atoms with Gasteiger partial charge in [-0.15, -0.1) is 0 Å². The maximum absolute atomic E-state index is 10.6. The van der Waals surface area contributed by atoms with Gasteiger partial charge in [0.2, 0.25) is 0 Å². The van der Waals surface area contributed by atoms with Crippen LogP contribution >= 0.6 is 0 Å². The molecule has 0 aliphatic carbocycles. The van der Waals surface area contributed by atoms with Crippen molar-refractivity contribution in [3.8, 4) is 11.5 Å². The number of unbranched alkanes of at least 4 members (excludes halogenated alkanes) is 1. The maximum atomic E-state index is 10.6. The molecule has 1 aromatic carbocycles. The van der Waals surface area contributed by atoms with E-state index in [9.17, 15) is 4.79 Å². The van der Waals surface area contributed by atoms with Crippen LogP contribution in [0, 0.1) is 0 Å². The summed E-state index contributed by atoms with van der Waals surface area (Å²) in [5.41, 5.74) is 0.603. The normalized spacial score (nSPS) is 9.88. The molecule has 0 radical (unpaired) electrons. The summed E-state index contributed by atoms with van der Waals surface area (Å²) in [6.45, 7) is 5.26. The van der Waals surface area contributed by atoms with Gasteiger partial charge in [-0.2, -0.15) is 0 Å². The highest BCUT2D eigenvalue weighted by atomic mass is 16.5. The Hall–Kier alpha value is -1.51. The van der Waals surface area contributed by atoms with Crippen LogP contribution in [0.2, 0.25) is 0 Å². The molecule has 16 heavy (non-hydrogen) atoms. The van der Waals surface area contributed by atoms with Gasteiger partial charge in [0, 0.05) is 5.56 Å². The molecule has 88 valence electrons. The van der Waals surface area contributed by atoms with Crippen LogP contribution in [0.4, 0.5) is 0 Å². The van der Waals surface area contributed by atoms with Gasteiger partial charge in [-0.25, -0.2) is 0 Å². The lowest BCUT2D eigenvalue weighted by Crippen LogP contribution is -2.01. The Morgan fingerprint density at radius 3 is 2.62 bits per heavy atom. The number of carbonyl (C=O) groups is 1. The van der Waals surface area contributed by atoms with Crippen LogP contribution in [0.25, 0.3) is 0 Å². The van der Waals surface area contributed by atoms with Crippen LogP contribution < -0.4 is 9.47 Å². The fourth-order valence-corrected chi connectivity index (χ4v) is 1.31. The number of carbonyl (C=O) groups excluding carboxylic acids is 1. The quantitative estimate of drug-likeness (QED) is 0.525. The minimum absolute atomic E-state index is 0.562. The molecular formula is C13H18O3. The summed E-state index contributed by atoms with van der Waals surface area (Å²) in [6, 6.07) is 5.22. The molecule has 0 saturated heterocycles. The highest BCUT2D eigenvalue weighted by Gasteiger charge is 2.05. The lowest BCUT2D eigenvalue weighted by atomic mass is 10.2. The van der Waals surface area contributed by atoms with Gasteiger partial charge in [0.05, 0.1) is 13.2 Å². The number of benzene rings is 1. The average Bonchev–Trinajstić information content (AvgIpc) is 2.31. The van der Waals surface area contributed by atoms with Crippen LogP contribution in [0.15, 0.2) is 18.2 Å². The minimum atomic E-state index is 0.562. The molecule has 0 aromatic heterocycles. The van der Waals surface area contributed by atoms with E-state index in [4.69, 9.17) is 9.47 Å². The Morgan fingerprint density at radius 1 is 1.19 bits per heavy atom. The van der Waals surface area contributed by atoms with Crippen molar-refractivity contribution >= 4 is 6.29 Å². The molecule has 0 aliphatic rings. The van der Waals surface area contributed by atoms with Crippen molar-refractivity contribution in [2.75, 3.05) is 13.2 Å². The van der Waals surface area contributed by atoms with E-state index in [0.29, 0.717) is 30.3 Å². The first-order valence-electron chi connectivity index (χ1n) is 5.66. The second-order valence-electron chi connectivity index (χ2n) is 3.46. The van der Waals surface area contributed by atoms with Crippen molar-refractivity contribution in [2.24, 2.45) is 0 Å². The number of hydrogen-bond donors (Lipinski definition) is 0. The molecule has 1 aromatic rings. The topological polar surface area (TPSA) is 35.5 Å². The van der Waals surface area contributed by atoms with E-state index in [1.165, 1.54) is 0 Å². The van der Waals surface area contributed by atoms with Gasteiger partial charge < -0.3 is 9.47 Å². The monoisotopic (exact) mass is 222 g/mol. The lowest BCUT2D eigenvalue weighted by molar-refractivity contribution is 0.112. The smallest absolute Gasteiger partial charge is 0.161 e. The molecule has 1 rings (SSSR count). The minimum Gasteiger partial charge on any atom is -0.490 e. The van der Waals surface area contributed by atoms with Crippen LogP contribution in [0.3, 0.4) is 0 Å². The number of aldehydes is 1. The molecule has 0 amide bonds. The van der Waals surface area contributed by atoms with Gasteiger partial charge >= 0.3 is 0 Å². The molecule has 0 N–H and O–H groups in total. The Balaban J connectivity index is 2.76. The number of rotatable bonds is 7. The van der Waals surface area contributed by atoms with Gasteiger partial charge in [0.15, 0.2) is 11.5 Å². The van der Waals surface area contributed by atoms with Crippen LogP contribution in [0.1, 0.15) is 37.0 Å². The molecule has 0 saturated carbocycles. The zero-order chi connectivity index (χ0) is 11.8. The number of ether oxygens (including phenoxy) is 2. The summed E-state index contributed by atoms with van der Waals surface area (Å²) < 4.78 is 11.0. The fourth-order valence-electron chi connectivity index (χ4n) is 1.31. The van der Waals surface area contributed by atoms with Crippen molar-refractivity contribution in [3.05, 3.63) is 23.8 Å². The van der Waals surface area contributed by atoms with Crippen LogP contribution in [-0.2, 0) is 0 Å². The van der Waals surface area contributed by atoms with Crippen molar-refractivity contribution in [3.63, 3.8) is 0 Å². The molecule has 0 atom stereocenters. The summed E-state index contributed by atoms with van der Waals surface area (Å²) in [7, 11) is 0. The van der Waals surface area contributed by atoms with E-state index >= 15 is 0 Å². The molecule has 3 heteroatoms. The van der Waals surface area contributed by atoms with Crippen molar-refractivity contribution < 1.29 is 14.3 Å². The van der Waals surface area contributed by atoms with Crippen LogP contribution in [-0.4, -0.2) is 19.5 Å². The van der Waals surface area contributed by atoms with Gasteiger partial charge in [0.25, 0.3) is 0 Å². The molecule has 3 nitrogen and oxygen atoms in total. The summed E-state index contributed by atoms with van der Waals surface area (Å²) >= 11 is 0. The van der Waals surface area contributed by atoms with E-state index in [-0.39, 0.29) is 0 Å².